The molecule has 0 saturated carbocycles. The third-order valence-electron chi connectivity index (χ3n) is 3.43. The molecule has 0 spiro atoms. The summed E-state index contributed by atoms with van der Waals surface area (Å²) in [6.07, 6.45) is -4.31. The molecule has 5 nitrogen and oxygen atoms in total. The third kappa shape index (κ3) is 6.24. The second-order valence-corrected chi connectivity index (χ2v) is 7.85. The summed E-state index contributed by atoms with van der Waals surface area (Å²) in [5.74, 6) is 0.299. The van der Waals surface area contributed by atoms with Crippen molar-refractivity contribution in [3.63, 3.8) is 0 Å². The summed E-state index contributed by atoms with van der Waals surface area (Å²) in [7, 11) is 0. The summed E-state index contributed by atoms with van der Waals surface area (Å²) < 4.78 is 37.2. The molecule has 10 heteroatoms. The van der Waals surface area contributed by atoms with Crippen LogP contribution in [0.2, 0.25) is 0 Å². The molecule has 2 N–H and O–H groups in total. The fraction of sp³-hybridized carbons (Fsp3) is 0.167. The molecular formula is C18H15F3N4OS2. The summed E-state index contributed by atoms with van der Waals surface area (Å²) >= 11 is 2.40. The van der Waals surface area contributed by atoms with Crippen molar-refractivity contribution in [3.05, 3.63) is 65.7 Å². The molecule has 146 valence electrons. The van der Waals surface area contributed by atoms with Crippen LogP contribution in [0.4, 0.5) is 24.0 Å². The van der Waals surface area contributed by atoms with Gasteiger partial charge in [0.2, 0.25) is 5.13 Å². The van der Waals surface area contributed by atoms with Crippen molar-refractivity contribution < 1.29 is 18.0 Å². The molecule has 0 aliphatic heterocycles. The van der Waals surface area contributed by atoms with Crippen molar-refractivity contribution in [2.45, 2.75) is 16.3 Å². The van der Waals surface area contributed by atoms with E-state index < -0.39 is 12.7 Å². The highest BCUT2D eigenvalue weighted by atomic mass is 32.2. The Hall–Kier alpha value is -2.59. The van der Waals surface area contributed by atoms with Gasteiger partial charge in [-0.15, -0.1) is 10.2 Å². The minimum Gasteiger partial charge on any atom is -0.351 e. The number of para-hydroxylation sites is 1. The number of nitrogens with one attached hydrogen (secondary N) is 2. The van der Waals surface area contributed by atoms with Crippen LogP contribution in [0.5, 0.6) is 0 Å². The van der Waals surface area contributed by atoms with Crippen LogP contribution < -0.4 is 10.6 Å². The molecule has 0 radical (unpaired) electrons. The van der Waals surface area contributed by atoms with Gasteiger partial charge in [0.15, 0.2) is 4.34 Å². The Balaban J connectivity index is 1.56. The topological polar surface area (TPSA) is 66.9 Å². The zero-order valence-electron chi connectivity index (χ0n) is 14.4. The molecule has 28 heavy (non-hydrogen) atoms. The second kappa shape index (κ2) is 9.07. The van der Waals surface area contributed by atoms with Gasteiger partial charge in [-0.25, -0.2) is 0 Å². The maximum Gasteiger partial charge on any atom is 0.405 e. The van der Waals surface area contributed by atoms with Crippen LogP contribution in [-0.2, 0) is 5.75 Å². The highest BCUT2D eigenvalue weighted by Crippen LogP contribution is 2.29. The maximum atomic E-state index is 12.4. The predicted octanol–water partition coefficient (Wildman–Crippen LogP) is 5.06. The van der Waals surface area contributed by atoms with Gasteiger partial charge in [-0.05, 0) is 29.8 Å². The number of rotatable bonds is 7. The molecule has 0 bridgehead atoms. The Morgan fingerprint density at radius 1 is 1.07 bits per heavy atom. The van der Waals surface area contributed by atoms with E-state index in [1.165, 1.54) is 11.8 Å². The second-order valence-electron chi connectivity index (χ2n) is 5.65. The van der Waals surface area contributed by atoms with Gasteiger partial charge in [-0.2, -0.15) is 13.2 Å². The lowest BCUT2D eigenvalue weighted by molar-refractivity contribution is -0.115. The van der Waals surface area contributed by atoms with Crippen molar-refractivity contribution in [1.29, 1.82) is 0 Å². The quantitative estimate of drug-likeness (QED) is 0.519. The summed E-state index contributed by atoms with van der Waals surface area (Å²) in [5.41, 5.74) is 2.12. The number of carbonyl (C=O) groups excluding carboxylic acids is 1. The van der Waals surface area contributed by atoms with Gasteiger partial charge in [0, 0.05) is 17.0 Å². The number of benzene rings is 2. The zero-order valence-corrected chi connectivity index (χ0v) is 16.0. The zero-order chi connectivity index (χ0) is 20.0. The summed E-state index contributed by atoms with van der Waals surface area (Å²) in [5, 5.41) is 12.7. The normalized spacial score (nSPS) is 11.2. The molecule has 2 aromatic carbocycles. The van der Waals surface area contributed by atoms with Gasteiger partial charge < -0.3 is 10.6 Å². The smallest absolute Gasteiger partial charge is 0.351 e. The number of hydrogen-bond donors (Lipinski definition) is 2. The first-order valence-corrected chi connectivity index (χ1v) is 9.91. The van der Waals surface area contributed by atoms with E-state index in [4.69, 9.17) is 0 Å². The highest BCUT2D eigenvalue weighted by Gasteiger charge is 2.27. The van der Waals surface area contributed by atoms with Crippen molar-refractivity contribution in [2.75, 3.05) is 17.2 Å². The number of amides is 1. The van der Waals surface area contributed by atoms with Crippen LogP contribution in [0, 0.1) is 0 Å². The van der Waals surface area contributed by atoms with Gasteiger partial charge in [0.05, 0.1) is 0 Å². The van der Waals surface area contributed by atoms with Crippen LogP contribution in [0.15, 0.2) is 58.9 Å². The molecule has 0 unspecified atom stereocenters. The summed E-state index contributed by atoms with van der Waals surface area (Å²) in [6, 6.07) is 16.3. The van der Waals surface area contributed by atoms with Crippen LogP contribution in [0.3, 0.4) is 0 Å². The summed E-state index contributed by atoms with van der Waals surface area (Å²) in [6.45, 7) is -1.15. The van der Waals surface area contributed by atoms with Crippen LogP contribution in [0.25, 0.3) is 0 Å². The van der Waals surface area contributed by atoms with E-state index in [0.717, 1.165) is 16.9 Å². The molecule has 1 aromatic heterocycles. The van der Waals surface area contributed by atoms with Gasteiger partial charge in [0.25, 0.3) is 5.91 Å². The Bertz CT molecular complexity index is 932. The lowest BCUT2D eigenvalue weighted by Gasteiger charge is -2.06. The molecule has 0 aliphatic carbocycles. The SMILES string of the molecule is O=C(Nc1ccccc1)c1cccc(CSc2nnc(NCC(F)(F)F)s2)c1. The molecule has 0 aliphatic rings. The highest BCUT2D eigenvalue weighted by molar-refractivity contribution is 8.00. The monoisotopic (exact) mass is 424 g/mol. The Labute approximate surface area is 167 Å². The van der Waals surface area contributed by atoms with Gasteiger partial charge in [0.1, 0.15) is 6.54 Å². The first-order valence-electron chi connectivity index (χ1n) is 8.11. The lowest BCUT2D eigenvalue weighted by atomic mass is 10.1. The molecule has 1 heterocycles. The first-order chi connectivity index (χ1) is 13.4. The number of hydrogen-bond acceptors (Lipinski definition) is 6. The van der Waals surface area contributed by atoms with Crippen LogP contribution in [0.1, 0.15) is 15.9 Å². The first kappa shape index (κ1) is 20.2. The Morgan fingerprint density at radius 3 is 2.61 bits per heavy atom. The van der Waals surface area contributed by atoms with Crippen molar-refractivity contribution in [3.8, 4) is 0 Å². The minimum absolute atomic E-state index is 0.121. The fourth-order valence-electron chi connectivity index (χ4n) is 2.19. The lowest BCUT2D eigenvalue weighted by Crippen LogP contribution is -2.21. The number of alkyl halides is 3. The van der Waals surface area contributed by atoms with E-state index in [9.17, 15) is 18.0 Å². The molecule has 3 aromatic rings. The van der Waals surface area contributed by atoms with E-state index >= 15 is 0 Å². The fourth-order valence-corrected chi connectivity index (χ4v) is 3.88. The van der Waals surface area contributed by atoms with Crippen molar-refractivity contribution in [2.24, 2.45) is 0 Å². The van der Waals surface area contributed by atoms with Gasteiger partial charge >= 0.3 is 6.18 Å². The van der Waals surface area contributed by atoms with Crippen molar-refractivity contribution >= 4 is 39.8 Å². The van der Waals surface area contributed by atoms with Gasteiger partial charge in [-0.1, -0.05) is 53.4 Å². The Kier molecular flexibility index (Phi) is 6.53. The van der Waals surface area contributed by atoms with E-state index in [0.29, 0.717) is 21.3 Å². The Morgan fingerprint density at radius 2 is 1.86 bits per heavy atom. The van der Waals surface area contributed by atoms with E-state index in [-0.39, 0.29) is 11.0 Å². The number of nitrogens with zero attached hydrogens (tertiary/aromatic N) is 2. The molecular weight excluding hydrogens is 409 g/mol. The molecule has 3 rings (SSSR count). The van der Waals surface area contributed by atoms with E-state index in [1.807, 2.05) is 24.3 Å². The third-order valence-corrected chi connectivity index (χ3v) is 5.52. The van der Waals surface area contributed by atoms with Crippen LogP contribution in [-0.4, -0.2) is 28.8 Å². The van der Waals surface area contributed by atoms with Crippen molar-refractivity contribution in [1.82, 2.24) is 10.2 Å². The number of carbonyl (C=O) groups is 1. The largest absolute Gasteiger partial charge is 0.405 e. The average molecular weight is 424 g/mol. The number of aromatic nitrogens is 2. The standard InChI is InChI=1S/C18H15F3N4OS2/c19-18(20,21)11-22-16-24-25-17(28-16)27-10-12-5-4-6-13(9-12)15(26)23-14-7-2-1-3-8-14/h1-9H,10-11H2,(H,22,24)(H,23,26). The molecule has 0 atom stereocenters. The summed E-state index contributed by atoms with van der Waals surface area (Å²) in [4.78, 5) is 12.4. The number of thioether (sulfide) groups is 1. The van der Waals surface area contributed by atoms with E-state index in [2.05, 4.69) is 20.8 Å². The predicted molar refractivity (Wildman–Crippen MR) is 105 cm³/mol. The average Bonchev–Trinajstić information content (AvgIpc) is 3.13. The molecule has 1 amide bonds. The minimum atomic E-state index is -4.31. The van der Waals surface area contributed by atoms with Crippen LogP contribution >= 0.6 is 23.1 Å². The molecule has 0 saturated heterocycles. The maximum absolute atomic E-state index is 12.4. The molecule has 0 fully saturated rings. The van der Waals surface area contributed by atoms with Gasteiger partial charge in [-0.3, -0.25) is 4.79 Å². The number of halogens is 3. The van der Waals surface area contributed by atoms with E-state index in [1.54, 1.807) is 30.3 Å². The number of anilines is 2.